The Bertz CT molecular complexity index is 446. The highest BCUT2D eigenvalue weighted by atomic mass is 32.2. The Balaban J connectivity index is 1.68. The first-order chi connectivity index (χ1) is 9.84. The summed E-state index contributed by atoms with van der Waals surface area (Å²) in [6.07, 6.45) is 4.83. The van der Waals surface area contributed by atoms with Crippen LogP contribution < -0.4 is 0 Å². The van der Waals surface area contributed by atoms with Gasteiger partial charge < -0.3 is 4.90 Å². The first kappa shape index (κ1) is 14.3. The molecule has 0 unspecified atom stereocenters. The number of carbonyl (C=O) groups is 1. The lowest BCUT2D eigenvalue weighted by Gasteiger charge is -2.20. The van der Waals surface area contributed by atoms with Gasteiger partial charge in [-0.25, -0.2) is 0 Å². The van der Waals surface area contributed by atoms with Crippen molar-refractivity contribution in [3.05, 3.63) is 35.4 Å². The molecule has 0 N–H and O–H groups in total. The zero-order chi connectivity index (χ0) is 13.8. The van der Waals surface area contributed by atoms with Crippen molar-refractivity contribution in [2.24, 2.45) is 0 Å². The van der Waals surface area contributed by atoms with Gasteiger partial charge in [-0.3, -0.25) is 4.79 Å². The number of amides is 1. The van der Waals surface area contributed by atoms with Gasteiger partial charge in [0.15, 0.2) is 0 Å². The Kier molecular flexibility index (Phi) is 4.94. The predicted octanol–water partition coefficient (Wildman–Crippen LogP) is 4.18. The molecule has 3 rings (SSSR count). The first-order valence-corrected chi connectivity index (χ1v) is 9.57. The maximum atomic E-state index is 12.5. The van der Waals surface area contributed by atoms with Gasteiger partial charge in [-0.2, -0.15) is 0 Å². The molecule has 0 bridgehead atoms. The quantitative estimate of drug-likeness (QED) is 0.817. The monoisotopic (exact) mass is 307 g/mol. The van der Waals surface area contributed by atoms with Crippen molar-refractivity contribution in [2.45, 2.75) is 30.3 Å². The van der Waals surface area contributed by atoms with Crippen LogP contribution in [0.4, 0.5) is 0 Å². The second-order valence-corrected chi connectivity index (χ2v) is 8.13. The topological polar surface area (TPSA) is 20.3 Å². The molecule has 0 spiro atoms. The molecule has 20 heavy (non-hydrogen) atoms. The summed E-state index contributed by atoms with van der Waals surface area (Å²) in [7, 11) is 0. The average Bonchev–Trinajstić information content (AvgIpc) is 2.89. The van der Waals surface area contributed by atoms with Crippen LogP contribution in [0.5, 0.6) is 0 Å². The number of likely N-dealkylation sites (tertiary alicyclic amines) is 1. The Labute approximate surface area is 129 Å². The maximum absolute atomic E-state index is 12.5. The van der Waals surface area contributed by atoms with Gasteiger partial charge in [-0.1, -0.05) is 25.0 Å². The molecule has 1 aromatic rings. The summed E-state index contributed by atoms with van der Waals surface area (Å²) in [5, 5.41) is 0. The molecular formula is C16H21NOS2. The van der Waals surface area contributed by atoms with E-state index in [-0.39, 0.29) is 5.91 Å². The van der Waals surface area contributed by atoms with Gasteiger partial charge in [-0.15, -0.1) is 23.5 Å². The highest BCUT2D eigenvalue weighted by Crippen LogP contribution is 2.45. The van der Waals surface area contributed by atoms with E-state index < -0.39 is 0 Å². The van der Waals surface area contributed by atoms with E-state index in [9.17, 15) is 4.79 Å². The molecule has 2 fully saturated rings. The molecule has 4 heteroatoms. The van der Waals surface area contributed by atoms with Gasteiger partial charge in [-0.05, 0) is 30.5 Å². The van der Waals surface area contributed by atoms with Crippen LogP contribution in [0.1, 0.15) is 46.2 Å². The molecule has 0 saturated carbocycles. The van der Waals surface area contributed by atoms with E-state index in [4.69, 9.17) is 0 Å². The summed E-state index contributed by atoms with van der Waals surface area (Å²) in [5.41, 5.74) is 2.20. The summed E-state index contributed by atoms with van der Waals surface area (Å²) in [6, 6.07) is 8.31. The summed E-state index contributed by atoms with van der Waals surface area (Å²) in [6.45, 7) is 1.85. The van der Waals surface area contributed by atoms with Crippen LogP contribution in [-0.4, -0.2) is 35.4 Å². The van der Waals surface area contributed by atoms with Gasteiger partial charge in [0.05, 0.1) is 4.58 Å². The van der Waals surface area contributed by atoms with Crippen molar-refractivity contribution in [3.8, 4) is 0 Å². The summed E-state index contributed by atoms with van der Waals surface area (Å²) in [4.78, 5) is 14.5. The van der Waals surface area contributed by atoms with E-state index in [1.807, 2.05) is 40.6 Å². The van der Waals surface area contributed by atoms with Crippen LogP contribution in [0.15, 0.2) is 24.3 Å². The zero-order valence-electron chi connectivity index (χ0n) is 11.7. The minimum absolute atomic E-state index is 0.213. The number of carbonyl (C=O) groups excluding carboxylic acids is 1. The molecule has 0 aliphatic carbocycles. The molecule has 1 aromatic carbocycles. The van der Waals surface area contributed by atoms with E-state index in [1.165, 1.54) is 29.9 Å². The van der Waals surface area contributed by atoms with E-state index in [1.54, 1.807) is 0 Å². The van der Waals surface area contributed by atoms with Crippen molar-refractivity contribution < 1.29 is 4.79 Å². The third-order valence-corrected chi connectivity index (χ3v) is 7.05. The summed E-state index contributed by atoms with van der Waals surface area (Å²) in [5.74, 6) is 2.69. The van der Waals surface area contributed by atoms with Crippen LogP contribution in [0, 0.1) is 0 Å². The lowest BCUT2D eigenvalue weighted by atomic mass is 10.1. The predicted molar refractivity (Wildman–Crippen MR) is 88.5 cm³/mol. The minimum atomic E-state index is 0.213. The van der Waals surface area contributed by atoms with Gasteiger partial charge in [0, 0.05) is 30.2 Å². The van der Waals surface area contributed by atoms with Crippen molar-refractivity contribution in [1.29, 1.82) is 0 Å². The molecule has 1 amide bonds. The standard InChI is InChI=1S/C16H21NOS2/c18-15(17-9-3-1-2-4-10-17)13-5-7-14(8-6-13)16-19-11-12-20-16/h5-8,16H,1-4,9-12H2. The normalized spacial score (nSPS) is 20.9. The molecule has 0 radical (unpaired) electrons. The number of thioether (sulfide) groups is 2. The van der Waals surface area contributed by atoms with Crippen LogP contribution in [0.2, 0.25) is 0 Å². The maximum Gasteiger partial charge on any atom is 0.253 e. The molecular weight excluding hydrogens is 286 g/mol. The van der Waals surface area contributed by atoms with E-state index in [2.05, 4.69) is 12.1 Å². The van der Waals surface area contributed by atoms with E-state index in [0.29, 0.717) is 4.58 Å². The summed E-state index contributed by atoms with van der Waals surface area (Å²) < 4.78 is 0.567. The Morgan fingerprint density at radius 1 is 0.950 bits per heavy atom. The second kappa shape index (κ2) is 6.90. The Morgan fingerprint density at radius 2 is 1.55 bits per heavy atom. The van der Waals surface area contributed by atoms with Gasteiger partial charge >= 0.3 is 0 Å². The third-order valence-electron chi connectivity index (χ3n) is 3.94. The largest absolute Gasteiger partial charge is 0.339 e. The third kappa shape index (κ3) is 3.34. The van der Waals surface area contributed by atoms with Crippen molar-refractivity contribution in [1.82, 2.24) is 4.90 Å². The van der Waals surface area contributed by atoms with E-state index >= 15 is 0 Å². The van der Waals surface area contributed by atoms with Crippen LogP contribution in [0.3, 0.4) is 0 Å². The molecule has 2 nitrogen and oxygen atoms in total. The van der Waals surface area contributed by atoms with Crippen LogP contribution in [-0.2, 0) is 0 Å². The molecule has 2 aliphatic heterocycles. The number of benzene rings is 1. The Hall–Kier alpha value is -0.610. The van der Waals surface area contributed by atoms with Crippen molar-refractivity contribution in [2.75, 3.05) is 24.6 Å². The van der Waals surface area contributed by atoms with Crippen LogP contribution >= 0.6 is 23.5 Å². The molecule has 2 heterocycles. The van der Waals surface area contributed by atoms with Crippen molar-refractivity contribution in [3.63, 3.8) is 0 Å². The van der Waals surface area contributed by atoms with Crippen LogP contribution in [0.25, 0.3) is 0 Å². The molecule has 108 valence electrons. The fourth-order valence-electron chi connectivity index (χ4n) is 2.79. The SMILES string of the molecule is O=C(c1ccc(C2SCCS2)cc1)N1CCCCCC1. The minimum Gasteiger partial charge on any atom is -0.339 e. The fourth-order valence-corrected chi connectivity index (χ4v) is 5.65. The highest BCUT2D eigenvalue weighted by molar-refractivity contribution is 8.19. The molecule has 2 saturated heterocycles. The second-order valence-electron chi connectivity index (χ2n) is 5.40. The molecule has 0 aromatic heterocycles. The lowest BCUT2D eigenvalue weighted by molar-refractivity contribution is 0.0761. The molecule has 0 atom stereocenters. The number of rotatable bonds is 2. The van der Waals surface area contributed by atoms with Gasteiger partial charge in [0.1, 0.15) is 0 Å². The zero-order valence-corrected chi connectivity index (χ0v) is 13.3. The Morgan fingerprint density at radius 3 is 2.15 bits per heavy atom. The molecule has 2 aliphatic rings. The lowest BCUT2D eigenvalue weighted by Crippen LogP contribution is -2.31. The fraction of sp³-hybridized carbons (Fsp3) is 0.562. The van der Waals surface area contributed by atoms with E-state index in [0.717, 1.165) is 31.5 Å². The average molecular weight is 307 g/mol. The van der Waals surface area contributed by atoms with Gasteiger partial charge in [0.2, 0.25) is 0 Å². The first-order valence-electron chi connectivity index (χ1n) is 7.47. The number of hydrogen-bond acceptors (Lipinski definition) is 3. The summed E-state index contributed by atoms with van der Waals surface area (Å²) >= 11 is 4.02. The smallest absolute Gasteiger partial charge is 0.253 e. The highest BCUT2D eigenvalue weighted by Gasteiger charge is 2.20. The number of nitrogens with zero attached hydrogens (tertiary/aromatic N) is 1. The van der Waals surface area contributed by atoms with Gasteiger partial charge in [0.25, 0.3) is 5.91 Å². The van der Waals surface area contributed by atoms with Crippen molar-refractivity contribution >= 4 is 29.4 Å². The number of hydrogen-bond donors (Lipinski definition) is 0.